The number of carbonyl (C=O) groups excluding carboxylic acids is 1. The first-order chi connectivity index (χ1) is 13.0. The second kappa shape index (κ2) is 6.82. The lowest BCUT2D eigenvalue weighted by Gasteiger charge is -2.07. The fourth-order valence-corrected chi connectivity index (χ4v) is 3.67. The molecule has 4 aromatic rings. The van der Waals surface area contributed by atoms with Crippen LogP contribution >= 0.6 is 23.4 Å². The van der Waals surface area contributed by atoms with Gasteiger partial charge in [-0.1, -0.05) is 29.4 Å². The largest absolute Gasteiger partial charge is 0.468 e. The summed E-state index contributed by atoms with van der Waals surface area (Å²) in [6, 6.07) is 5.71. The summed E-state index contributed by atoms with van der Waals surface area (Å²) in [6.45, 7) is 3.70. The Kier molecular flexibility index (Phi) is 4.48. The van der Waals surface area contributed by atoms with Crippen LogP contribution in [0, 0.1) is 6.92 Å². The highest BCUT2D eigenvalue weighted by Gasteiger charge is 2.20. The van der Waals surface area contributed by atoms with Crippen LogP contribution in [-0.2, 0) is 9.53 Å². The third kappa shape index (κ3) is 3.02. The summed E-state index contributed by atoms with van der Waals surface area (Å²) in [5.41, 5.74) is 3.06. The molecule has 0 saturated carbocycles. The minimum atomic E-state index is -0.407. The van der Waals surface area contributed by atoms with E-state index < -0.39 is 5.25 Å². The first-order valence-electron chi connectivity index (χ1n) is 8.08. The van der Waals surface area contributed by atoms with E-state index in [0.717, 1.165) is 16.6 Å². The number of ether oxygens (including phenoxy) is 1. The van der Waals surface area contributed by atoms with E-state index in [1.807, 2.05) is 25.1 Å². The van der Waals surface area contributed by atoms with E-state index in [2.05, 4.69) is 20.3 Å². The molecule has 1 atom stereocenters. The Morgan fingerprint density at radius 3 is 2.85 bits per heavy atom. The standard InChI is InChI=1S/C17H15ClN6O2S/c1-9-4-5-11(6-13(9)18)24-14-12(7-20-24)15-21-22-17(23(15)8-19-14)27-10(2)16(25)26-3/h4-8,10H,1-3H3/t10-/m1/s1. The Morgan fingerprint density at radius 2 is 2.11 bits per heavy atom. The van der Waals surface area contributed by atoms with Crippen molar-refractivity contribution in [2.45, 2.75) is 24.3 Å². The second-order valence-corrected chi connectivity index (χ2v) is 7.65. The maximum Gasteiger partial charge on any atom is 0.318 e. The molecule has 1 aromatic carbocycles. The van der Waals surface area contributed by atoms with Crippen molar-refractivity contribution < 1.29 is 9.53 Å². The Bertz CT molecular complexity index is 1170. The highest BCUT2D eigenvalue weighted by Crippen LogP contribution is 2.27. The van der Waals surface area contributed by atoms with E-state index in [1.54, 1.807) is 28.5 Å². The number of hydrogen-bond acceptors (Lipinski definition) is 7. The number of rotatable bonds is 4. The summed E-state index contributed by atoms with van der Waals surface area (Å²) < 4.78 is 8.20. The molecule has 0 spiro atoms. The molecule has 3 aromatic heterocycles. The van der Waals surface area contributed by atoms with Gasteiger partial charge in [-0.25, -0.2) is 9.67 Å². The number of fused-ring (bicyclic) bond motifs is 3. The molecule has 0 unspecified atom stereocenters. The summed E-state index contributed by atoms with van der Waals surface area (Å²) in [5, 5.41) is 14.4. The monoisotopic (exact) mass is 402 g/mol. The first kappa shape index (κ1) is 17.7. The van der Waals surface area contributed by atoms with Crippen molar-refractivity contribution in [2.75, 3.05) is 7.11 Å². The summed E-state index contributed by atoms with van der Waals surface area (Å²) in [6.07, 6.45) is 3.32. The second-order valence-electron chi connectivity index (χ2n) is 5.93. The topological polar surface area (TPSA) is 87.2 Å². The molecule has 4 rings (SSSR count). The molecule has 27 heavy (non-hydrogen) atoms. The number of nitrogens with zero attached hydrogens (tertiary/aromatic N) is 6. The van der Waals surface area contributed by atoms with Gasteiger partial charge in [-0.15, -0.1) is 10.2 Å². The van der Waals surface area contributed by atoms with Gasteiger partial charge in [0.1, 0.15) is 11.6 Å². The lowest BCUT2D eigenvalue weighted by Crippen LogP contribution is -2.15. The van der Waals surface area contributed by atoms with Crippen LogP contribution in [0.5, 0.6) is 0 Å². The van der Waals surface area contributed by atoms with Gasteiger partial charge < -0.3 is 4.74 Å². The Balaban J connectivity index is 1.78. The third-order valence-corrected chi connectivity index (χ3v) is 5.60. The predicted molar refractivity (Wildman–Crippen MR) is 102 cm³/mol. The lowest BCUT2D eigenvalue weighted by atomic mass is 10.2. The quantitative estimate of drug-likeness (QED) is 0.383. The van der Waals surface area contributed by atoms with Crippen molar-refractivity contribution in [1.82, 2.24) is 29.4 Å². The number of methoxy groups -OCH3 is 1. The van der Waals surface area contributed by atoms with E-state index >= 15 is 0 Å². The van der Waals surface area contributed by atoms with Crippen molar-refractivity contribution in [3.05, 3.63) is 41.3 Å². The zero-order valence-electron chi connectivity index (χ0n) is 14.8. The molecule has 8 nitrogen and oxygen atoms in total. The van der Waals surface area contributed by atoms with Crippen molar-refractivity contribution in [3.8, 4) is 5.69 Å². The Labute approximate surface area is 163 Å². The van der Waals surface area contributed by atoms with Crippen LogP contribution in [-0.4, -0.2) is 47.7 Å². The molecule has 0 aliphatic heterocycles. The van der Waals surface area contributed by atoms with Crippen LogP contribution in [0.3, 0.4) is 0 Å². The number of aryl methyl sites for hydroxylation is 1. The molecule has 0 aliphatic carbocycles. The normalized spacial score (nSPS) is 12.6. The summed E-state index contributed by atoms with van der Waals surface area (Å²) >= 11 is 7.50. The molecule has 0 N–H and O–H groups in total. The molecule has 0 amide bonds. The van der Waals surface area contributed by atoms with Crippen LogP contribution in [0.15, 0.2) is 35.9 Å². The summed E-state index contributed by atoms with van der Waals surface area (Å²) in [4.78, 5) is 16.2. The molecule has 138 valence electrons. The van der Waals surface area contributed by atoms with Gasteiger partial charge in [0.2, 0.25) is 0 Å². The van der Waals surface area contributed by atoms with E-state index in [0.29, 0.717) is 21.5 Å². The van der Waals surface area contributed by atoms with Gasteiger partial charge >= 0.3 is 5.97 Å². The number of carbonyl (C=O) groups is 1. The lowest BCUT2D eigenvalue weighted by molar-refractivity contribution is -0.139. The van der Waals surface area contributed by atoms with Gasteiger partial charge in [-0.2, -0.15) is 5.10 Å². The van der Waals surface area contributed by atoms with Gasteiger partial charge in [-0.05, 0) is 31.5 Å². The minimum Gasteiger partial charge on any atom is -0.468 e. The molecule has 0 saturated heterocycles. The minimum absolute atomic E-state index is 0.324. The highest BCUT2D eigenvalue weighted by atomic mass is 35.5. The molecule has 10 heteroatoms. The van der Waals surface area contributed by atoms with Crippen molar-refractivity contribution >= 4 is 46.0 Å². The van der Waals surface area contributed by atoms with Gasteiger partial charge in [0.05, 0.1) is 24.4 Å². The smallest absolute Gasteiger partial charge is 0.318 e. The predicted octanol–water partition coefficient (Wildman–Crippen LogP) is 3.08. The van der Waals surface area contributed by atoms with E-state index in [-0.39, 0.29) is 5.97 Å². The molecular weight excluding hydrogens is 388 g/mol. The molecule has 0 aliphatic rings. The van der Waals surface area contributed by atoms with Crippen molar-refractivity contribution in [3.63, 3.8) is 0 Å². The highest BCUT2D eigenvalue weighted by molar-refractivity contribution is 8.00. The Hall–Kier alpha value is -2.65. The Morgan fingerprint density at radius 1 is 1.30 bits per heavy atom. The van der Waals surface area contributed by atoms with Crippen LogP contribution in [0.1, 0.15) is 12.5 Å². The molecule has 3 heterocycles. The third-order valence-electron chi connectivity index (χ3n) is 4.16. The summed E-state index contributed by atoms with van der Waals surface area (Å²) in [7, 11) is 1.36. The number of halogens is 1. The number of hydrogen-bond donors (Lipinski definition) is 0. The molecule has 0 fully saturated rings. The maximum atomic E-state index is 11.7. The van der Waals surface area contributed by atoms with Crippen LogP contribution in [0.4, 0.5) is 0 Å². The number of esters is 1. The van der Waals surface area contributed by atoms with Crippen molar-refractivity contribution in [1.29, 1.82) is 0 Å². The SMILES string of the molecule is COC(=O)[C@@H](C)Sc1nnc2c3cnn(-c4ccc(C)c(Cl)c4)c3ncn12. The average Bonchev–Trinajstić information content (AvgIpc) is 3.27. The molecule has 0 radical (unpaired) electrons. The molecule has 0 bridgehead atoms. The number of aromatic nitrogens is 6. The first-order valence-corrected chi connectivity index (χ1v) is 9.34. The zero-order valence-corrected chi connectivity index (χ0v) is 16.3. The van der Waals surface area contributed by atoms with Crippen LogP contribution < -0.4 is 0 Å². The fourth-order valence-electron chi connectivity index (χ4n) is 2.66. The number of benzene rings is 1. The summed E-state index contributed by atoms with van der Waals surface area (Å²) in [5.74, 6) is -0.324. The van der Waals surface area contributed by atoms with Gasteiger partial charge in [0.15, 0.2) is 16.5 Å². The fraction of sp³-hybridized carbons (Fsp3) is 0.235. The van der Waals surface area contributed by atoms with Crippen molar-refractivity contribution in [2.24, 2.45) is 0 Å². The van der Waals surface area contributed by atoms with E-state index in [1.165, 1.54) is 18.9 Å². The molecular formula is C17H15ClN6O2S. The van der Waals surface area contributed by atoms with E-state index in [4.69, 9.17) is 16.3 Å². The van der Waals surface area contributed by atoms with Gasteiger partial charge in [-0.3, -0.25) is 9.20 Å². The van der Waals surface area contributed by atoms with Gasteiger partial charge in [0.25, 0.3) is 0 Å². The zero-order chi connectivity index (χ0) is 19.1. The van der Waals surface area contributed by atoms with Crippen LogP contribution in [0.2, 0.25) is 5.02 Å². The van der Waals surface area contributed by atoms with E-state index in [9.17, 15) is 4.79 Å². The average molecular weight is 403 g/mol. The maximum absolute atomic E-state index is 11.7. The number of thioether (sulfide) groups is 1. The van der Waals surface area contributed by atoms with Gasteiger partial charge in [0, 0.05) is 5.02 Å². The van der Waals surface area contributed by atoms with Crippen LogP contribution in [0.25, 0.3) is 22.4 Å².